The molecule has 1 heterocycles. The third-order valence-corrected chi connectivity index (χ3v) is 3.15. The van der Waals surface area contributed by atoms with E-state index in [-0.39, 0.29) is 5.56 Å². The SMILES string of the molecule is COc1ccc(B(O)O)cc1Cn1cccc(C)c1=O. The fraction of sp³-hybridized carbons (Fsp3) is 0.214. The Bertz CT molecular complexity index is 666. The maximum Gasteiger partial charge on any atom is 0.488 e. The quantitative estimate of drug-likeness (QED) is 0.763. The molecule has 0 spiro atoms. The van der Waals surface area contributed by atoms with Gasteiger partial charge in [0.1, 0.15) is 5.75 Å². The minimum atomic E-state index is -1.55. The number of ether oxygens (including phenoxy) is 1. The number of aromatic nitrogens is 1. The Labute approximate surface area is 117 Å². The third kappa shape index (κ3) is 2.92. The molecule has 0 aliphatic heterocycles. The van der Waals surface area contributed by atoms with Crippen molar-refractivity contribution in [1.29, 1.82) is 0 Å². The Morgan fingerprint density at radius 2 is 2.05 bits per heavy atom. The molecule has 1 aromatic carbocycles. The second-order valence-electron chi connectivity index (χ2n) is 4.57. The van der Waals surface area contributed by atoms with E-state index < -0.39 is 7.12 Å². The monoisotopic (exact) mass is 273 g/mol. The summed E-state index contributed by atoms with van der Waals surface area (Å²) in [6.45, 7) is 2.06. The van der Waals surface area contributed by atoms with E-state index in [1.54, 1.807) is 48.0 Å². The van der Waals surface area contributed by atoms with Crippen LogP contribution in [0.15, 0.2) is 41.3 Å². The molecule has 0 bridgehead atoms. The van der Waals surface area contributed by atoms with Gasteiger partial charge in [0.05, 0.1) is 13.7 Å². The topological polar surface area (TPSA) is 71.7 Å². The molecule has 0 saturated heterocycles. The van der Waals surface area contributed by atoms with Crippen LogP contribution in [0.3, 0.4) is 0 Å². The van der Waals surface area contributed by atoms with Gasteiger partial charge in [0, 0.05) is 17.3 Å². The summed E-state index contributed by atoms with van der Waals surface area (Å²) < 4.78 is 6.80. The molecule has 5 nitrogen and oxygen atoms in total. The first kappa shape index (κ1) is 14.4. The summed E-state index contributed by atoms with van der Waals surface area (Å²) in [4.78, 5) is 12.0. The second kappa shape index (κ2) is 5.94. The molecule has 0 saturated carbocycles. The lowest BCUT2D eigenvalue weighted by molar-refractivity contribution is 0.407. The highest BCUT2D eigenvalue weighted by atomic mass is 16.5. The molecule has 0 aliphatic carbocycles. The van der Waals surface area contributed by atoms with E-state index in [1.165, 1.54) is 7.11 Å². The summed E-state index contributed by atoms with van der Waals surface area (Å²) in [6.07, 6.45) is 1.69. The van der Waals surface area contributed by atoms with Gasteiger partial charge in [0.2, 0.25) is 0 Å². The Morgan fingerprint density at radius 1 is 1.30 bits per heavy atom. The van der Waals surface area contributed by atoms with Crippen molar-refractivity contribution in [2.24, 2.45) is 0 Å². The Balaban J connectivity index is 2.43. The lowest BCUT2D eigenvalue weighted by atomic mass is 9.79. The molecule has 20 heavy (non-hydrogen) atoms. The summed E-state index contributed by atoms with van der Waals surface area (Å²) >= 11 is 0. The van der Waals surface area contributed by atoms with E-state index in [2.05, 4.69) is 0 Å². The average Bonchev–Trinajstić information content (AvgIpc) is 2.43. The highest BCUT2D eigenvalue weighted by Gasteiger charge is 2.14. The minimum Gasteiger partial charge on any atom is -0.496 e. The van der Waals surface area contributed by atoms with E-state index in [4.69, 9.17) is 4.74 Å². The van der Waals surface area contributed by atoms with Gasteiger partial charge in [-0.2, -0.15) is 0 Å². The number of aryl methyl sites for hydroxylation is 1. The van der Waals surface area contributed by atoms with Gasteiger partial charge < -0.3 is 19.4 Å². The number of pyridine rings is 1. The fourth-order valence-electron chi connectivity index (χ4n) is 2.05. The normalized spacial score (nSPS) is 10.4. The van der Waals surface area contributed by atoms with E-state index in [1.807, 2.05) is 0 Å². The Kier molecular flexibility index (Phi) is 4.27. The van der Waals surface area contributed by atoms with Gasteiger partial charge in [0.15, 0.2) is 0 Å². The van der Waals surface area contributed by atoms with Crippen molar-refractivity contribution in [2.45, 2.75) is 13.5 Å². The molecule has 0 unspecified atom stereocenters. The molecule has 6 heteroatoms. The van der Waals surface area contributed by atoms with Crippen molar-refractivity contribution in [3.05, 3.63) is 58.0 Å². The average molecular weight is 273 g/mol. The number of hydrogen-bond donors (Lipinski definition) is 2. The van der Waals surface area contributed by atoms with E-state index in [9.17, 15) is 14.8 Å². The maximum absolute atomic E-state index is 12.0. The van der Waals surface area contributed by atoms with Gasteiger partial charge in [0.25, 0.3) is 5.56 Å². The van der Waals surface area contributed by atoms with Gasteiger partial charge >= 0.3 is 7.12 Å². The second-order valence-corrected chi connectivity index (χ2v) is 4.57. The predicted octanol–water partition coefficient (Wildman–Crippen LogP) is -0.107. The van der Waals surface area contributed by atoms with Crippen LogP contribution in [-0.2, 0) is 6.54 Å². The molecular weight excluding hydrogens is 257 g/mol. The summed E-state index contributed by atoms with van der Waals surface area (Å²) in [5.74, 6) is 0.600. The van der Waals surface area contributed by atoms with Gasteiger partial charge in [-0.25, -0.2) is 0 Å². The number of hydrogen-bond acceptors (Lipinski definition) is 4. The predicted molar refractivity (Wildman–Crippen MR) is 77.4 cm³/mol. The van der Waals surface area contributed by atoms with Crippen LogP contribution < -0.4 is 15.8 Å². The van der Waals surface area contributed by atoms with Crippen molar-refractivity contribution in [1.82, 2.24) is 4.57 Å². The molecule has 2 rings (SSSR count). The number of benzene rings is 1. The minimum absolute atomic E-state index is 0.0792. The highest BCUT2D eigenvalue weighted by molar-refractivity contribution is 6.58. The largest absolute Gasteiger partial charge is 0.496 e. The van der Waals surface area contributed by atoms with Crippen LogP contribution in [-0.4, -0.2) is 28.8 Å². The van der Waals surface area contributed by atoms with Crippen LogP contribution in [0.25, 0.3) is 0 Å². The van der Waals surface area contributed by atoms with Gasteiger partial charge in [-0.1, -0.05) is 18.2 Å². The zero-order valence-corrected chi connectivity index (χ0v) is 11.4. The molecule has 0 amide bonds. The van der Waals surface area contributed by atoms with Crippen LogP contribution in [0.1, 0.15) is 11.1 Å². The third-order valence-electron chi connectivity index (χ3n) is 3.15. The fourth-order valence-corrected chi connectivity index (χ4v) is 2.05. The first-order valence-electron chi connectivity index (χ1n) is 6.22. The number of rotatable bonds is 4. The molecule has 2 aromatic rings. The van der Waals surface area contributed by atoms with Crippen LogP contribution >= 0.6 is 0 Å². The molecule has 0 atom stereocenters. The first-order chi connectivity index (χ1) is 9.52. The van der Waals surface area contributed by atoms with E-state index in [0.29, 0.717) is 28.9 Å². The van der Waals surface area contributed by atoms with E-state index in [0.717, 1.165) is 0 Å². The van der Waals surface area contributed by atoms with Crippen LogP contribution in [0, 0.1) is 6.92 Å². The number of methoxy groups -OCH3 is 1. The molecule has 0 radical (unpaired) electrons. The van der Waals surface area contributed by atoms with Crippen LogP contribution in [0.5, 0.6) is 5.75 Å². The van der Waals surface area contributed by atoms with Crippen molar-refractivity contribution >= 4 is 12.6 Å². The van der Waals surface area contributed by atoms with Gasteiger partial charge in [-0.3, -0.25) is 4.79 Å². The standard InChI is InChI=1S/C14H16BNO4/c1-10-4-3-7-16(14(10)17)9-11-8-12(15(18)19)5-6-13(11)20-2/h3-8,18-19H,9H2,1-2H3. The molecule has 2 N–H and O–H groups in total. The van der Waals surface area contributed by atoms with Crippen LogP contribution in [0.4, 0.5) is 0 Å². The molecule has 1 aromatic heterocycles. The van der Waals surface area contributed by atoms with Crippen LogP contribution in [0.2, 0.25) is 0 Å². The molecule has 104 valence electrons. The molecule has 0 aliphatic rings. The summed E-state index contributed by atoms with van der Waals surface area (Å²) in [6, 6.07) is 8.41. The smallest absolute Gasteiger partial charge is 0.488 e. The van der Waals surface area contributed by atoms with Crippen molar-refractivity contribution < 1.29 is 14.8 Å². The lowest BCUT2D eigenvalue weighted by Crippen LogP contribution is -2.30. The van der Waals surface area contributed by atoms with Crippen molar-refractivity contribution in [3.63, 3.8) is 0 Å². The Hall–Kier alpha value is -2.05. The lowest BCUT2D eigenvalue weighted by Gasteiger charge is -2.12. The maximum atomic E-state index is 12.0. The van der Waals surface area contributed by atoms with E-state index >= 15 is 0 Å². The van der Waals surface area contributed by atoms with Gasteiger partial charge in [-0.05, 0) is 24.5 Å². The zero-order chi connectivity index (χ0) is 14.7. The Morgan fingerprint density at radius 3 is 2.70 bits per heavy atom. The summed E-state index contributed by atoms with van der Waals surface area (Å²) in [5.41, 5.74) is 1.65. The first-order valence-corrected chi connectivity index (χ1v) is 6.22. The molecular formula is C14H16BNO4. The summed E-state index contributed by atoms with van der Waals surface area (Å²) in [7, 11) is -0.0127. The number of nitrogens with zero attached hydrogens (tertiary/aromatic N) is 1. The van der Waals surface area contributed by atoms with Gasteiger partial charge in [-0.15, -0.1) is 0 Å². The van der Waals surface area contributed by atoms with Crippen molar-refractivity contribution in [3.8, 4) is 5.75 Å². The summed E-state index contributed by atoms with van der Waals surface area (Å²) in [5, 5.41) is 18.4. The van der Waals surface area contributed by atoms with Crippen molar-refractivity contribution in [2.75, 3.05) is 7.11 Å². The zero-order valence-electron chi connectivity index (χ0n) is 11.4. The molecule has 0 fully saturated rings. The highest BCUT2D eigenvalue weighted by Crippen LogP contribution is 2.17.